The van der Waals surface area contributed by atoms with Crippen molar-refractivity contribution in [2.24, 2.45) is 5.73 Å². The van der Waals surface area contributed by atoms with Gasteiger partial charge in [-0.2, -0.15) is 0 Å². The van der Waals surface area contributed by atoms with Crippen molar-refractivity contribution in [1.82, 2.24) is 10.3 Å². The fourth-order valence-corrected chi connectivity index (χ4v) is 5.49. The first-order chi connectivity index (χ1) is 16.6. The summed E-state index contributed by atoms with van der Waals surface area (Å²) in [6.45, 7) is 6.82. The van der Waals surface area contributed by atoms with Crippen molar-refractivity contribution in [2.45, 2.75) is 59.0 Å². The molecule has 0 amide bonds. The Morgan fingerprint density at radius 2 is 1.65 bits per heavy atom. The van der Waals surface area contributed by atoms with Crippen molar-refractivity contribution < 1.29 is 0 Å². The molecule has 5 rings (SSSR count). The molecule has 2 heterocycles. The molecule has 3 heteroatoms. The summed E-state index contributed by atoms with van der Waals surface area (Å²) in [6.07, 6.45) is 8.08. The number of benzene rings is 3. The molecule has 0 spiro atoms. The molecule has 3 nitrogen and oxygen atoms in total. The number of aromatic nitrogens is 1. The van der Waals surface area contributed by atoms with Gasteiger partial charge in [-0.1, -0.05) is 66.4 Å². The van der Waals surface area contributed by atoms with Crippen LogP contribution in [0, 0.1) is 13.8 Å². The van der Waals surface area contributed by atoms with E-state index in [2.05, 4.69) is 80.0 Å². The fraction of sp³-hybridized carbons (Fsp3) is 0.323. The third kappa shape index (κ3) is 4.64. The van der Waals surface area contributed by atoms with Gasteiger partial charge in [0.25, 0.3) is 0 Å². The van der Waals surface area contributed by atoms with E-state index in [1.165, 1.54) is 81.1 Å². The van der Waals surface area contributed by atoms with E-state index >= 15 is 0 Å². The van der Waals surface area contributed by atoms with Gasteiger partial charge in [-0.05, 0) is 85.2 Å². The van der Waals surface area contributed by atoms with Gasteiger partial charge in [0, 0.05) is 30.2 Å². The quantitative estimate of drug-likeness (QED) is 0.352. The summed E-state index contributed by atoms with van der Waals surface area (Å²) >= 11 is 0. The zero-order chi connectivity index (χ0) is 23.5. The van der Waals surface area contributed by atoms with Crippen LogP contribution >= 0.6 is 0 Å². The first-order valence-electron chi connectivity index (χ1n) is 12.7. The molecule has 1 aromatic heterocycles. The summed E-state index contributed by atoms with van der Waals surface area (Å²) in [5, 5.41) is 4.98. The van der Waals surface area contributed by atoms with Crippen molar-refractivity contribution in [3.8, 4) is 22.3 Å². The van der Waals surface area contributed by atoms with Crippen LogP contribution in [-0.4, -0.2) is 11.5 Å². The molecule has 0 radical (unpaired) electrons. The highest BCUT2D eigenvalue weighted by molar-refractivity contribution is 5.92. The minimum Gasteiger partial charge on any atom is -0.326 e. The summed E-state index contributed by atoms with van der Waals surface area (Å²) in [5.41, 5.74) is 18.9. The largest absolute Gasteiger partial charge is 0.326 e. The minimum absolute atomic E-state index is 0.588. The number of nitrogens with two attached hydrogens (primary N) is 1. The molecule has 2 bridgehead atoms. The van der Waals surface area contributed by atoms with Crippen LogP contribution in [0.2, 0.25) is 0 Å². The van der Waals surface area contributed by atoms with Crippen LogP contribution in [0.3, 0.4) is 0 Å². The molecule has 0 unspecified atom stereocenters. The molecule has 0 fully saturated rings. The third-order valence-corrected chi connectivity index (χ3v) is 7.15. The summed E-state index contributed by atoms with van der Waals surface area (Å²) in [6, 6.07) is 20.2. The maximum Gasteiger partial charge on any atom is 0.0706 e. The van der Waals surface area contributed by atoms with Gasteiger partial charge < -0.3 is 11.1 Å². The van der Waals surface area contributed by atoms with Gasteiger partial charge >= 0.3 is 0 Å². The van der Waals surface area contributed by atoms with Crippen LogP contribution in [0.15, 0.2) is 60.8 Å². The highest BCUT2D eigenvalue weighted by atomic mass is 14.8. The number of hydrogen-bond acceptors (Lipinski definition) is 3. The maximum atomic E-state index is 6.16. The Morgan fingerprint density at radius 3 is 2.47 bits per heavy atom. The lowest BCUT2D eigenvalue weighted by atomic mass is 9.89. The van der Waals surface area contributed by atoms with Crippen molar-refractivity contribution in [2.75, 3.05) is 6.54 Å². The number of nitrogens with zero attached hydrogens (tertiary/aromatic N) is 1. The number of aryl methyl sites for hydroxylation is 2. The number of nitrogens with one attached hydrogen (secondary N) is 1. The number of fused-ring (bicyclic) bond motifs is 3. The van der Waals surface area contributed by atoms with E-state index in [1.807, 2.05) is 0 Å². The Balaban J connectivity index is 1.74. The van der Waals surface area contributed by atoms with Gasteiger partial charge in [0.1, 0.15) is 0 Å². The smallest absolute Gasteiger partial charge is 0.0706 e. The molecule has 1 aliphatic rings. The van der Waals surface area contributed by atoms with Crippen LogP contribution in [0.5, 0.6) is 0 Å². The standard InChI is InChI=1S/C31H35N3/c1-21-14-22(2)16-25(15-21)29-20-34-31-12-11-23-17-28(31)30(29)19-33-13-6-4-3-5-9-27-24(18-32)8-7-10-26(23)27/h7-8,10-12,14-17,20,33H,3-6,9,13,18-19,32H2,1-2H3. The molecular formula is C31H35N3. The Hall–Kier alpha value is -3.01. The predicted octanol–water partition coefficient (Wildman–Crippen LogP) is 6.85. The zero-order valence-electron chi connectivity index (χ0n) is 20.5. The molecule has 3 aromatic carbocycles. The number of rotatable bonds is 2. The van der Waals surface area contributed by atoms with Crippen LogP contribution in [0.1, 0.15) is 53.5 Å². The molecular weight excluding hydrogens is 414 g/mol. The SMILES string of the molecule is Cc1cc(C)cc(-c2cnc3ccc4cc3c2CNCCCCCCc2c(CN)cccc2-4)c1. The van der Waals surface area contributed by atoms with E-state index in [4.69, 9.17) is 10.7 Å². The molecule has 1 aliphatic heterocycles. The number of pyridine rings is 1. The Kier molecular flexibility index (Phi) is 6.75. The van der Waals surface area contributed by atoms with Crippen LogP contribution in [0.25, 0.3) is 33.2 Å². The molecule has 4 aromatic rings. The van der Waals surface area contributed by atoms with Gasteiger partial charge in [0.05, 0.1) is 5.52 Å². The van der Waals surface area contributed by atoms with Gasteiger partial charge in [-0.25, -0.2) is 0 Å². The minimum atomic E-state index is 0.588. The van der Waals surface area contributed by atoms with Crippen LogP contribution < -0.4 is 11.1 Å². The predicted molar refractivity (Wildman–Crippen MR) is 144 cm³/mol. The second kappa shape index (κ2) is 10.1. The van der Waals surface area contributed by atoms with E-state index in [0.717, 1.165) is 25.0 Å². The monoisotopic (exact) mass is 449 g/mol. The van der Waals surface area contributed by atoms with Crippen LogP contribution in [-0.2, 0) is 19.5 Å². The van der Waals surface area contributed by atoms with Gasteiger partial charge in [-0.3, -0.25) is 4.98 Å². The van der Waals surface area contributed by atoms with E-state index in [0.29, 0.717) is 6.54 Å². The molecule has 3 N–H and O–H groups in total. The van der Waals surface area contributed by atoms with Crippen molar-refractivity contribution >= 4 is 10.9 Å². The molecule has 0 aliphatic carbocycles. The molecule has 174 valence electrons. The van der Waals surface area contributed by atoms with Crippen LogP contribution in [0.4, 0.5) is 0 Å². The molecule has 0 saturated heterocycles. The average Bonchev–Trinajstić information content (AvgIpc) is 2.84. The zero-order valence-corrected chi connectivity index (χ0v) is 20.5. The molecule has 0 atom stereocenters. The summed E-state index contributed by atoms with van der Waals surface area (Å²) in [7, 11) is 0. The van der Waals surface area contributed by atoms with E-state index < -0.39 is 0 Å². The lowest BCUT2D eigenvalue weighted by Crippen LogP contribution is -2.16. The van der Waals surface area contributed by atoms with E-state index in [9.17, 15) is 0 Å². The second-order valence-electron chi connectivity index (χ2n) is 9.75. The highest BCUT2D eigenvalue weighted by Crippen LogP contribution is 2.35. The average molecular weight is 450 g/mol. The lowest BCUT2D eigenvalue weighted by molar-refractivity contribution is 0.587. The summed E-state index contributed by atoms with van der Waals surface area (Å²) in [4.78, 5) is 4.90. The molecule has 34 heavy (non-hydrogen) atoms. The summed E-state index contributed by atoms with van der Waals surface area (Å²) < 4.78 is 0. The fourth-order valence-electron chi connectivity index (χ4n) is 5.49. The Morgan fingerprint density at radius 1 is 0.824 bits per heavy atom. The van der Waals surface area contributed by atoms with Crippen molar-refractivity contribution in [3.63, 3.8) is 0 Å². The van der Waals surface area contributed by atoms with Crippen molar-refractivity contribution in [3.05, 3.63) is 88.6 Å². The number of hydrogen-bond donors (Lipinski definition) is 2. The van der Waals surface area contributed by atoms with Gasteiger partial charge in [0.15, 0.2) is 0 Å². The lowest BCUT2D eigenvalue weighted by Gasteiger charge is -2.18. The first-order valence-corrected chi connectivity index (χ1v) is 12.7. The Bertz CT molecular complexity index is 1300. The van der Waals surface area contributed by atoms with E-state index in [1.54, 1.807) is 0 Å². The summed E-state index contributed by atoms with van der Waals surface area (Å²) in [5.74, 6) is 0. The maximum absolute atomic E-state index is 6.16. The third-order valence-electron chi connectivity index (χ3n) is 7.15. The Labute approximate surface area is 203 Å². The van der Waals surface area contributed by atoms with E-state index in [-0.39, 0.29) is 0 Å². The topological polar surface area (TPSA) is 50.9 Å². The highest BCUT2D eigenvalue weighted by Gasteiger charge is 2.15. The van der Waals surface area contributed by atoms with Crippen molar-refractivity contribution in [1.29, 1.82) is 0 Å². The normalized spacial score (nSPS) is 14.7. The van der Waals surface area contributed by atoms with Gasteiger partial charge in [-0.15, -0.1) is 0 Å². The molecule has 0 saturated carbocycles. The first kappa shape index (κ1) is 22.8. The second-order valence-corrected chi connectivity index (χ2v) is 9.75. The van der Waals surface area contributed by atoms with Gasteiger partial charge in [0.2, 0.25) is 0 Å².